The Bertz CT molecular complexity index is 801. The van der Waals surface area contributed by atoms with Crippen LogP contribution in [-0.4, -0.2) is 25.0 Å². The molecule has 0 fully saturated rings. The first-order valence-electron chi connectivity index (χ1n) is 8.30. The first kappa shape index (κ1) is 17.5. The normalized spacial score (nSPS) is 14.3. The van der Waals surface area contributed by atoms with E-state index < -0.39 is 0 Å². The van der Waals surface area contributed by atoms with E-state index >= 15 is 0 Å². The summed E-state index contributed by atoms with van der Waals surface area (Å²) in [5, 5.41) is 0.761. The van der Waals surface area contributed by atoms with Gasteiger partial charge in [0, 0.05) is 11.1 Å². The lowest BCUT2D eigenvalue weighted by Gasteiger charge is -2.22. The fourth-order valence-electron chi connectivity index (χ4n) is 3.09. The monoisotopic (exact) mass is 357 g/mol. The van der Waals surface area contributed by atoms with Gasteiger partial charge in [0.2, 0.25) is 5.88 Å². The van der Waals surface area contributed by atoms with Crippen molar-refractivity contribution in [2.75, 3.05) is 13.7 Å². The van der Waals surface area contributed by atoms with Gasteiger partial charge in [0.25, 0.3) is 0 Å². The number of halogens is 1. The van der Waals surface area contributed by atoms with Gasteiger partial charge < -0.3 is 9.47 Å². The molecule has 1 aliphatic carbocycles. The second kappa shape index (κ2) is 8.17. The van der Waals surface area contributed by atoms with E-state index in [1.807, 2.05) is 18.2 Å². The summed E-state index contributed by atoms with van der Waals surface area (Å²) < 4.78 is 11.0. The zero-order chi connectivity index (χ0) is 17.6. The van der Waals surface area contributed by atoms with Crippen molar-refractivity contribution in [2.45, 2.75) is 25.7 Å². The van der Waals surface area contributed by atoms with Crippen LogP contribution in [0.2, 0.25) is 5.02 Å². The molecule has 1 heterocycles. The van der Waals surface area contributed by atoms with Crippen molar-refractivity contribution in [1.29, 1.82) is 0 Å². The van der Waals surface area contributed by atoms with Gasteiger partial charge in [-0.25, -0.2) is 4.98 Å². The Labute approximate surface area is 152 Å². The number of methoxy groups -OCH3 is 1. The number of hydrogen-bond donors (Lipinski definition) is 0. The average Bonchev–Trinajstić information content (AvgIpc) is 2.67. The molecule has 0 bridgehead atoms. The second-order valence-electron chi connectivity index (χ2n) is 5.94. The molecule has 0 unspecified atom stereocenters. The maximum Gasteiger partial charge on any atom is 0.213 e. The summed E-state index contributed by atoms with van der Waals surface area (Å²) in [7, 11) is 1.51. The van der Waals surface area contributed by atoms with E-state index in [0.29, 0.717) is 23.8 Å². The highest BCUT2D eigenvalue weighted by atomic mass is 35.5. The molecule has 0 spiro atoms. The van der Waals surface area contributed by atoms with Gasteiger partial charge in [-0.05, 0) is 48.5 Å². The molecular formula is C20H20ClNO3. The maximum atomic E-state index is 11.3. The fraction of sp³-hybridized carbons (Fsp3) is 0.300. The highest BCUT2D eigenvalue weighted by molar-refractivity contribution is 6.32. The zero-order valence-corrected chi connectivity index (χ0v) is 14.9. The van der Waals surface area contributed by atoms with Gasteiger partial charge in [-0.1, -0.05) is 29.8 Å². The van der Waals surface area contributed by atoms with Crippen LogP contribution in [0.5, 0.6) is 11.6 Å². The van der Waals surface area contributed by atoms with E-state index in [0.717, 1.165) is 42.6 Å². The largest absolute Gasteiger partial charge is 0.487 e. The molecule has 0 atom stereocenters. The molecule has 25 heavy (non-hydrogen) atoms. The van der Waals surface area contributed by atoms with Crippen LogP contribution < -0.4 is 9.47 Å². The van der Waals surface area contributed by atoms with E-state index in [2.05, 4.69) is 11.1 Å². The van der Waals surface area contributed by atoms with E-state index in [1.165, 1.54) is 24.5 Å². The fourth-order valence-corrected chi connectivity index (χ4v) is 3.34. The lowest BCUT2D eigenvalue weighted by atomic mass is 9.87. The third-order valence-electron chi connectivity index (χ3n) is 4.39. The number of pyridine rings is 1. The van der Waals surface area contributed by atoms with Gasteiger partial charge in [0.1, 0.15) is 12.4 Å². The molecular weight excluding hydrogens is 338 g/mol. The van der Waals surface area contributed by atoms with Crippen LogP contribution >= 0.6 is 11.6 Å². The molecule has 4 nitrogen and oxygen atoms in total. The number of nitrogens with zero attached hydrogens (tertiary/aromatic N) is 1. The number of benzene rings is 1. The van der Waals surface area contributed by atoms with Gasteiger partial charge in [0.05, 0.1) is 18.9 Å². The minimum atomic E-state index is 0.392. The Morgan fingerprint density at radius 1 is 1.24 bits per heavy atom. The highest BCUT2D eigenvalue weighted by Crippen LogP contribution is 2.36. The number of ether oxygens (including phenoxy) is 2. The number of aldehydes is 1. The van der Waals surface area contributed by atoms with E-state index in [-0.39, 0.29) is 0 Å². The van der Waals surface area contributed by atoms with Crippen molar-refractivity contribution in [1.82, 2.24) is 4.98 Å². The van der Waals surface area contributed by atoms with Crippen LogP contribution in [0.15, 0.2) is 42.1 Å². The average molecular weight is 358 g/mol. The molecule has 1 aromatic carbocycles. The zero-order valence-electron chi connectivity index (χ0n) is 14.1. The first-order chi connectivity index (χ1) is 12.2. The van der Waals surface area contributed by atoms with Crippen molar-refractivity contribution < 1.29 is 14.3 Å². The molecule has 3 rings (SSSR count). The Morgan fingerprint density at radius 3 is 2.80 bits per heavy atom. The highest BCUT2D eigenvalue weighted by Gasteiger charge is 2.17. The molecule has 1 aromatic heterocycles. The lowest BCUT2D eigenvalue weighted by molar-refractivity contribution is 0.111. The Morgan fingerprint density at radius 2 is 2.04 bits per heavy atom. The summed E-state index contributed by atoms with van der Waals surface area (Å²) in [6.45, 7) is 0.426. The van der Waals surface area contributed by atoms with Gasteiger partial charge in [0.15, 0.2) is 6.29 Å². The van der Waals surface area contributed by atoms with E-state index in [1.54, 1.807) is 6.07 Å². The van der Waals surface area contributed by atoms with Crippen molar-refractivity contribution in [3.8, 4) is 11.6 Å². The number of carbonyl (C=O) groups is 1. The summed E-state index contributed by atoms with van der Waals surface area (Å²) in [4.78, 5) is 15.4. The molecule has 0 saturated carbocycles. The van der Waals surface area contributed by atoms with Crippen LogP contribution in [0.3, 0.4) is 0 Å². The van der Waals surface area contributed by atoms with Gasteiger partial charge >= 0.3 is 0 Å². The van der Waals surface area contributed by atoms with Gasteiger partial charge in [-0.3, -0.25) is 4.79 Å². The van der Waals surface area contributed by atoms with Gasteiger partial charge in [-0.2, -0.15) is 0 Å². The minimum absolute atomic E-state index is 0.392. The molecule has 2 aromatic rings. The first-order valence-corrected chi connectivity index (χ1v) is 8.68. The van der Waals surface area contributed by atoms with E-state index in [4.69, 9.17) is 21.1 Å². The molecule has 130 valence electrons. The van der Waals surface area contributed by atoms with Crippen molar-refractivity contribution >= 4 is 23.5 Å². The summed E-state index contributed by atoms with van der Waals surface area (Å²) in [5.74, 6) is 0.857. The van der Waals surface area contributed by atoms with E-state index in [9.17, 15) is 4.79 Å². The molecule has 0 radical (unpaired) electrons. The van der Waals surface area contributed by atoms with Crippen molar-refractivity contribution in [3.63, 3.8) is 0 Å². The number of carbonyl (C=O) groups excluding carboxylic acids is 1. The summed E-state index contributed by atoms with van der Waals surface area (Å²) in [6.07, 6.45) is 6.52. The summed E-state index contributed by atoms with van der Waals surface area (Å²) in [6, 6.07) is 9.47. The van der Waals surface area contributed by atoms with Crippen LogP contribution in [-0.2, 0) is 0 Å². The standard InChI is InChI=1S/C20H20ClNO3/c1-24-20-10-15(12-23)19(11-22-20)25-13-14-6-2-3-7-16(14)17-8-4-5-9-18(17)21/h4-5,8-12H,2-3,6-7,13H2,1H3. The Kier molecular flexibility index (Phi) is 5.71. The van der Waals surface area contributed by atoms with Gasteiger partial charge in [-0.15, -0.1) is 0 Å². The summed E-state index contributed by atoms with van der Waals surface area (Å²) >= 11 is 6.38. The SMILES string of the molecule is COc1cc(C=O)c(OCC2=C(c3ccccc3Cl)CCCC2)cn1. The maximum absolute atomic E-state index is 11.3. The molecule has 5 heteroatoms. The molecule has 0 saturated heterocycles. The molecule has 0 N–H and O–H groups in total. The lowest BCUT2D eigenvalue weighted by Crippen LogP contribution is -2.09. The molecule has 1 aliphatic rings. The quantitative estimate of drug-likeness (QED) is 0.685. The number of rotatable bonds is 6. The van der Waals surface area contributed by atoms with Crippen LogP contribution in [0.25, 0.3) is 5.57 Å². The van der Waals surface area contributed by atoms with Crippen LogP contribution in [0, 0.1) is 0 Å². The van der Waals surface area contributed by atoms with Crippen LogP contribution in [0.1, 0.15) is 41.6 Å². The summed E-state index contributed by atoms with van der Waals surface area (Å²) in [5.41, 5.74) is 3.99. The molecule has 0 amide bonds. The number of hydrogen-bond acceptors (Lipinski definition) is 4. The Hall–Kier alpha value is -2.33. The Balaban J connectivity index is 1.85. The second-order valence-corrected chi connectivity index (χ2v) is 6.35. The predicted octanol–water partition coefficient (Wildman–Crippen LogP) is 4.96. The van der Waals surface area contributed by atoms with Crippen molar-refractivity contribution in [2.24, 2.45) is 0 Å². The number of aromatic nitrogens is 1. The van der Waals surface area contributed by atoms with Crippen molar-refractivity contribution in [3.05, 3.63) is 58.3 Å². The third-order valence-corrected chi connectivity index (χ3v) is 4.72. The third kappa shape index (κ3) is 4.02. The predicted molar refractivity (Wildman–Crippen MR) is 98.5 cm³/mol. The number of allylic oxidation sites excluding steroid dienone is 1. The molecule has 0 aliphatic heterocycles. The van der Waals surface area contributed by atoms with Crippen LogP contribution in [0.4, 0.5) is 0 Å². The minimum Gasteiger partial charge on any atom is -0.487 e. The topological polar surface area (TPSA) is 48.4 Å². The smallest absolute Gasteiger partial charge is 0.213 e.